The summed E-state index contributed by atoms with van der Waals surface area (Å²) in [5.41, 5.74) is 7.74. The molecule has 1 aromatic heterocycles. The Bertz CT molecular complexity index is 1050. The number of hydrogen-bond donors (Lipinski definition) is 2. The van der Waals surface area contributed by atoms with Crippen molar-refractivity contribution in [2.75, 3.05) is 6.54 Å². The molecule has 0 radical (unpaired) electrons. The Balaban J connectivity index is 1.71. The van der Waals surface area contributed by atoms with Crippen molar-refractivity contribution in [2.45, 2.75) is 32.2 Å². The van der Waals surface area contributed by atoms with E-state index in [2.05, 4.69) is 16.5 Å². The number of hydrogen-bond acceptors (Lipinski definition) is 4. The van der Waals surface area contributed by atoms with E-state index in [-0.39, 0.29) is 12.5 Å². The molecule has 2 aromatic carbocycles. The molecule has 7 nitrogen and oxygen atoms in total. The first kappa shape index (κ1) is 21.1. The van der Waals surface area contributed by atoms with E-state index in [0.29, 0.717) is 25.1 Å². The van der Waals surface area contributed by atoms with Gasteiger partial charge in [0, 0.05) is 24.9 Å². The Morgan fingerprint density at radius 2 is 1.83 bits per heavy atom. The van der Waals surface area contributed by atoms with Crippen LogP contribution in [0.2, 0.25) is 0 Å². The van der Waals surface area contributed by atoms with E-state index in [0.717, 1.165) is 29.3 Å². The predicted molar refractivity (Wildman–Crippen MR) is 114 cm³/mol. The maximum absolute atomic E-state index is 12.8. The lowest BCUT2D eigenvalue weighted by Gasteiger charge is -2.14. The number of fused-ring (bicyclic) bond motifs is 1. The molecule has 0 saturated carbocycles. The number of aromatic nitrogens is 2. The number of nitrogens with two attached hydrogens (primary N) is 1. The van der Waals surface area contributed by atoms with Gasteiger partial charge in [-0.1, -0.05) is 48.5 Å². The number of nitrogens with zero attached hydrogens (tertiary/aromatic N) is 3. The molecule has 3 N–H and O–H groups in total. The van der Waals surface area contributed by atoms with Crippen LogP contribution in [0.25, 0.3) is 10.9 Å². The zero-order chi connectivity index (χ0) is 21.3. The molecule has 7 heteroatoms. The van der Waals surface area contributed by atoms with Crippen LogP contribution in [0, 0.1) is 17.2 Å². The molecule has 0 saturated heterocycles. The highest BCUT2D eigenvalue weighted by Crippen LogP contribution is 2.19. The van der Waals surface area contributed by atoms with Gasteiger partial charge in [-0.05, 0) is 30.9 Å². The largest absolute Gasteiger partial charge is 0.369 e. The van der Waals surface area contributed by atoms with Crippen LogP contribution < -0.4 is 11.1 Å². The highest BCUT2D eigenvalue weighted by molar-refractivity contribution is 6.05. The van der Waals surface area contributed by atoms with Gasteiger partial charge in [0.05, 0.1) is 17.5 Å². The number of nitrogens with one attached hydrogen (secondary N) is 1. The zero-order valence-electron chi connectivity index (χ0n) is 16.8. The first-order chi connectivity index (χ1) is 14.6. The van der Waals surface area contributed by atoms with E-state index in [1.165, 1.54) is 0 Å². The summed E-state index contributed by atoms with van der Waals surface area (Å²) in [6.07, 6.45) is 2.56. The van der Waals surface area contributed by atoms with Crippen molar-refractivity contribution < 1.29 is 9.59 Å². The van der Waals surface area contributed by atoms with Crippen LogP contribution in [-0.4, -0.2) is 28.1 Å². The lowest BCUT2D eigenvalue weighted by molar-refractivity contribution is -0.121. The Kier molecular flexibility index (Phi) is 7.17. The van der Waals surface area contributed by atoms with Crippen molar-refractivity contribution in [3.05, 3.63) is 65.9 Å². The molecule has 0 aliphatic rings. The smallest absolute Gasteiger partial charge is 0.272 e. The van der Waals surface area contributed by atoms with Gasteiger partial charge < -0.3 is 11.1 Å². The molecule has 3 aromatic rings. The second-order valence-corrected chi connectivity index (χ2v) is 7.20. The van der Waals surface area contributed by atoms with Crippen LogP contribution in [0.3, 0.4) is 0 Å². The van der Waals surface area contributed by atoms with Gasteiger partial charge in [0.1, 0.15) is 0 Å². The molecule has 1 heterocycles. The minimum atomic E-state index is -0.504. The normalized spacial score (nSPS) is 11.7. The van der Waals surface area contributed by atoms with E-state index in [4.69, 9.17) is 11.0 Å². The quantitative estimate of drug-likeness (QED) is 0.507. The van der Waals surface area contributed by atoms with Crippen molar-refractivity contribution >= 4 is 22.7 Å². The second kappa shape index (κ2) is 10.2. The van der Waals surface area contributed by atoms with Crippen molar-refractivity contribution in [1.82, 2.24) is 15.1 Å². The standard InChI is InChI=1S/C23H25N5O2/c24-13-7-2-8-14-28-20-12-6-5-11-19(20)21(27-28)23(30)26-16-18(22(25)29)15-17-9-3-1-4-10-17/h1,3-6,9-12,18H,2,7-8,14-16H2,(H2,25,29)(H,26,30)/t18-/m1/s1. The fourth-order valence-corrected chi connectivity index (χ4v) is 3.40. The number of nitriles is 1. The third-order valence-corrected chi connectivity index (χ3v) is 5.02. The van der Waals surface area contributed by atoms with E-state index >= 15 is 0 Å². The maximum Gasteiger partial charge on any atom is 0.272 e. The van der Waals surface area contributed by atoms with Gasteiger partial charge in [-0.25, -0.2) is 0 Å². The lowest BCUT2D eigenvalue weighted by atomic mass is 9.98. The predicted octanol–water partition coefficient (Wildman–Crippen LogP) is 2.80. The number of amides is 2. The van der Waals surface area contributed by atoms with Crippen molar-refractivity contribution in [3.63, 3.8) is 0 Å². The molecule has 0 aliphatic carbocycles. The number of primary amides is 1. The number of carbonyl (C=O) groups is 2. The first-order valence-corrected chi connectivity index (χ1v) is 10.0. The van der Waals surface area contributed by atoms with Crippen molar-refractivity contribution in [2.24, 2.45) is 11.7 Å². The summed E-state index contributed by atoms with van der Waals surface area (Å²) >= 11 is 0. The van der Waals surface area contributed by atoms with Gasteiger partial charge in [-0.3, -0.25) is 14.3 Å². The Hall–Kier alpha value is -3.66. The summed E-state index contributed by atoms with van der Waals surface area (Å²) in [5.74, 6) is -1.29. The Labute approximate surface area is 175 Å². The van der Waals surface area contributed by atoms with Crippen LogP contribution in [0.1, 0.15) is 35.3 Å². The fraction of sp³-hybridized carbons (Fsp3) is 0.304. The highest BCUT2D eigenvalue weighted by Gasteiger charge is 2.21. The van der Waals surface area contributed by atoms with Gasteiger partial charge in [0.15, 0.2) is 5.69 Å². The maximum atomic E-state index is 12.8. The van der Waals surface area contributed by atoms with Crippen LogP contribution in [0.5, 0.6) is 0 Å². The number of benzene rings is 2. The van der Waals surface area contributed by atoms with E-state index in [1.807, 2.05) is 54.6 Å². The molecule has 0 bridgehead atoms. The number of carbonyl (C=O) groups excluding carboxylic acids is 2. The van der Waals surface area contributed by atoms with E-state index in [1.54, 1.807) is 4.68 Å². The molecule has 0 fully saturated rings. The van der Waals surface area contributed by atoms with Gasteiger partial charge in [-0.2, -0.15) is 10.4 Å². The molecule has 154 valence electrons. The molecule has 0 aliphatic heterocycles. The summed E-state index contributed by atoms with van der Waals surface area (Å²) in [6.45, 7) is 0.778. The van der Waals surface area contributed by atoms with Crippen LogP contribution in [0.15, 0.2) is 54.6 Å². The molecule has 0 unspecified atom stereocenters. The van der Waals surface area contributed by atoms with Gasteiger partial charge in [0.25, 0.3) is 5.91 Å². The molecule has 1 atom stereocenters. The summed E-state index contributed by atoms with van der Waals surface area (Å²) in [6, 6.07) is 19.3. The summed E-state index contributed by atoms with van der Waals surface area (Å²) in [4.78, 5) is 24.7. The Morgan fingerprint density at radius 3 is 2.57 bits per heavy atom. The SMILES string of the molecule is N#CCCCCn1nc(C(=O)NC[C@@H](Cc2ccccc2)C(N)=O)c2ccccc21. The Morgan fingerprint density at radius 1 is 1.10 bits per heavy atom. The fourth-order valence-electron chi connectivity index (χ4n) is 3.40. The van der Waals surface area contributed by atoms with Crippen molar-refractivity contribution in [3.8, 4) is 6.07 Å². The lowest BCUT2D eigenvalue weighted by Crippen LogP contribution is -2.37. The number of para-hydroxylation sites is 1. The summed E-state index contributed by atoms with van der Waals surface area (Å²) in [5, 5.41) is 16.8. The average Bonchev–Trinajstić information content (AvgIpc) is 3.13. The number of aryl methyl sites for hydroxylation is 1. The van der Waals surface area contributed by atoms with Crippen LogP contribution >= 0.6 is 0 Å². The average molecular weight is 403 g/mol. The molecular weight excluding hydrogens is 378 g/mol. The van der Waals surface area contributed by atoms with Crippen molar-refractivity contribution in [1.29, 1.82) is 5.26 Å². The van der Waals surface area contributed by atoms with E-state index < -0.39 is 11.8 Å². The second-order valence-electron chi connectivity index (χ2n) is 7.20. The minimum Gasteiger partial charge on any atom is -0.369 e. The number of unbranched alkanes of at least 4 members (excludes halogenated alkanes) is 2. The first-order valence-electron chi connectivity index (χ1n) is 10.0. The van der Waals surface area contributed by atoms with Gasteiger partial charge in [-0.15, -0.1) is 0 Å². The molecule has 2 amide bonds. The third kappa shape index (κ3) is 5.23. The molecule has 0 spiro atoms. The van der Waals surface area contributed by atoms with Gasteiger partial charge >= 0.3 is 0 Å². The number of rotatable bonds is 10. The molecular formula is C23H25N5O2. The molecule has 30 heavy (non-hydrogen) atoms. The zero-order valence-corrected chi connectivity index (χ0v) is 16.8. The summed E-state index contributed by atoms with van der Waals surface area (Å²) in [7, 11) is 0. The highest BCUT2D eigenvalue weighted by atomic mass is 16.2. The monoisotopic (exact) mass is 403 g/mol. The third-order valence-electron chi connectivity index (χ3n) is 5.02. The molecule has 3 rings (SSSR count). The summed E-state index contributed by atoms with van der Waals surface area (Å²) < 4.78 is 1.80. The van der Waals surface area contributed by atoms with Crippen LogP contribution in [0.4, 0.5) is 0 Å². The van der Waals surface area contributed by atoms with E-state index in [9.17, 15) is 9.59 Å². The topological polar surface area (TPSA) is 114 Å². The minimum absolute atomic E-state index is 0.145. The van der Waals surface area contributed by atoms with Crippen LogP contribution in [-0.2, 0) is 17.8 Å². The van der Waals surface area contributed by atoms with Gasteiger partial charge in [0.2, 0.25) is 5.91 Å².